The highest BCUT2D eigenvalue weighted by atomic mass is 28.5. The Kier molecular flexibility index (Phi) is 10.0. The molecule has 4 atom stereocenters. The summed E-state index contributed by atoms with van der Waals surface area (Å²) in [4.78, 5) is 50.6. The lowest BCUT2D eigenvalue weighted by atomic mass is 10.1. The highest BCUT2D eigenvalue weighted by Gasteiger charge is 2.62. The lowest BCUT2D eigenvalue weighted by molar-refractivity contribution is -0.384. The molecule has 2 fully saturated rings. The molecule has 0 radical (unpaired) electrons. The predicted octanol–water partition coefficient (Wildman–Crippen LogP) is 4.88. The zero-order chi connectivity index (χ0) is 32.6. The molecule has 1 unspecified atom stereocenters. The fourth-order valence-electron chi connectivity index (χ4n) is 5.97. The Bertz CT molecular complexity index is 1440. The van der Waals surface area contributed by atoms with Crippen molar-refractivity contribution in [1.29, 1.82) is 0 Å². The van der Waals surface area contributed by atoms with Crippen LogP contribution in [0.25, 0.3) is 0 Å². The summed E-state index contributed by atoms with van der Waals surface area (Å²) in [5.41, 5.74) is -1.48. The van der Waals surface area contributed by atoms with Gasteiger partial charge in [-0.25, -0.2) is 9.59 Å². The average Bonchev–Trinajstić information content (AvgIpc) is 3.23. The second kappa shape index (κ2) is 13.1. The molecule has 1 aromatic heterocycles. The molecule has 44 heavy (non-hydrogen) atoms. The zero-order valence-electron chi connectivity index (χ0n) is 26.2. The molecule has 2 aliphatic rings. The molecule has 0 aliphatic carbocycles. The first kappa shape index (κ1) is 33.7. The van der Waals surface area contributed by atoms with E-state index in [2.05, 4.69) is 32.7 Å². The van der Waals surface area contributed by atoms with Crippen molar-refractivity contribution >= 4 is 29.0 Å². The van der Waals surface area contributed by atoms with Gasteiger partial charge in [0.2, 0.25) is 0 Å². The van der Waals surface area contributed by atoms with Gasteiger partial charge in [0, 0.05) is 24.4 Å². The van der Waals surface area contributed by atoms with Crippen molar-refractivity contribution in [3.8, 4) is 5.75 Å². The molecule has 0 bridgehead atoms. The van der Waals surface area contributed by atoms with E-state index in [9.17, 15) is 24.5 Å². The van der Waals surface area contributed by atoms with Crippen LogP contribution in [0.4, 0.5) is 10.5 Å². The second-order valence-electron chi connectivity index (χ2n) is 12.3. The number of rotatable bonds is 8. The summed E-state index contributed by atoms with van der Waals surface area (Å²) < 4.78 is 39.7. The Morgan fingerprint density at radius 3 is 2.09 bits per heavy atom. The molecule has 242 valence electrons. The average molecular weight is 652 g/mol. The molecule has 0 amide bonds. The summed E-state index contributed by atoms with van der Waals surface area (Å²) >= 11 is 0. The zero-order valence-corrected chi connectivity index (χ0v) is 28.2. The van der Waals surface area contributed by atoms with E-state index in [-0.39, 0.29) is 40.2 Å². The number of nitro groups is 1. The van der Waals surface area contributed by atoms with Gasteiger partial charge >= 0.3 is 29.0 Å². The summed E-state index contributed by atoms with van der Waals surface area (Å²) in [7, 11) is -6.11. The third kappa shape index (κ3) is 6.45. The number of hydrogen-bond acceptors (Lipinski definition) is 11. The van der Waals surface area contributed by atoms with E-state index in [0.717, 1.165) is 10.6 Å². The summed E-state index contributed by atoms with van der Waals surface area (Å²) in [5.74, 6) is 0.0109. The largest absolute Gasteiger partial charge is 0.514 e. The molecular weight excluding hydrogens is 610 g/mol. The van der Waals surface area contributed by atoms with E-state index < -0.39 is 64.0 Å². The van der Waals surface area contributed by atoms with Gasteiger partial charge in [-0.05, 0) is 34.3 Å². The minimum atomic E-state index is -3.19. The van der Waals surface area contributed by atoms with Crippen LogP contribution in [0.3, 0.4) is 0 Å². The van der Waals surface area contributed by atoms with E-state index in [1.54, 1.807) is 0 Å². The Labute approximate surface area is 257 Å². The number of nitrogens with one attached hydrogen (secondary N) is 1. The molecule has 0 saturated carbocycles. The van der Waals surface area contributed by atoms with Gasteiger partial charge in [0.15, 0.2) is 12.3 Å². The van der Waals surface area contributed by atoms with E-state index in [4.69, 9.17) is 27.2 Å². The smallest absolute Gasteiger partial charge is 0.423 e. The molecule has 16 heteroatoms. The Morgan fingerprint density at radius 2 is 1.57 bits per heavy atom. The Balaban J connectivity index is 1.77. The standard InChI is InChI=1S/C28H41N3O11Si2/c1-16(2)43(17(3)4)37-15-22-24(41-44(42-43,18(5)6)19(7)8)25(26(39-22)30-14-13-23(32)29-27(30)33)40-28(34)38-21-11-9-20(10-12-21)31(35)36/h9-14,16-19,22,24-26H,15H2,1-8H3,(H,29,32,33)/t22-,24?,25-,26+/m0/s1. The Hall–Kier alpha value is -3.16. The number of aromatic nitrogens is 2. The van der Waals surface area contributed by atoms with Gasteiger partial charge in [0.05, 0.1) is 11.5 Å². The van der Waals surface area contributed by atoms with Crippen LogP contribution in [-0.4, -0.2) is 62.7 Å². The number of carbonyl (C=O) groups excluding carboxylic acids is 1. The normalized spacial score (nSPS) is 24.6. The first-order chi connectivity index (χ1) is 20.6. The molecule has 0 spiro atoms. The maximum Gasteiger partial charge on any atom is 0.514 e. The lowest BCUT2D eigenvalue weighted by Gasteiger charge is -2.51. The van der Waals surface area contributed by atoms with Crippen molar-refractivity contribution in [2.75, 3.05) is 6.61 Å². The highest BCUT2D eigenvalue weighted by Crippen LogP contribution is 2.48. The van der Waals surface area contributed by atoms with Crippen molar-refractivity contribution in [3.63, 3.8) is 0 Å². The minimum Gasteiger partial charge on any atom is -0.423 e. The molecule has 1 N–H and O–H groups in total. The molecular formula is C28H41N3O11Si2. The molecule has 14 nitrogen and oxygen atoms in total. The molecule has 1 aromatic carbocycles. The van der Waals surface area contributed by atoms with Gasteiger partial charge in [-0.3, -0.25) is 24.5 Å². The molecule has 4 rings (SSSR count). The van der Waals surface area contributed by atoms with E-state index in [0.29, 0.717) is 0 Å². The van der Waals surface area contributed by atoms with Crippen LogP contribution in [0.1, 0.15) is 61.6 Å². The van der Waals surface area contributed by atoms with E-state index in [1.165, 1.54) is 30.5 Å². The van der Waals surface area contributed by atoms with Gasteiger partial charge in [0.1, 0.15) is 18.0 Å². The number of carbonyl (C=O) groups is 1. The summed E-state index contributed by atoms with van der Waals surface area (Å²) in [6.45, 7) is 16.6. The summed E-state index contributed by atoms with van der Waals surface area (Å²) in [6.07, 6.45) is -4.01. The van der Waals surface area contributed by atoms with Crippen LogP contribution in [0.2, 0.25) is 22.2 Å². The predicted molar refractivity (Wildman–Crippen MR) is 163 cm³/mol. The van der Waals surface area contributed by atoms with Crippen LogP contribution < -0.4 is 16.0 Å². The van der Waals surface area contributed by atoms with Crippen molar-refractivity contribution in [2.24, 2.45) is 0 Å². The third-order valence-corrected chi connectivity index (χ3v) is 18.5. The lowest BCUT2D eigenvalue weighted by Crippen LogP contribution is -2.66. The maximum absolute atomic E-state index is 13.2. The molecule has 3 heterocycles. The van der Waals surface area contributed by atoms with Gasteiger partial charge in [-0.15, -0.1) is 0 Å². The topological polar surface area (TPSA) is 170 Å². The fraction of sp³-hybridized carbons (Fsp3) is 0.607. The van der Waals surface area contributed by atoms with E-state index in [1.807, 2.05) is 27.7 Å². The van der Waals surface area contributed by atoms with Crippen LogP contribution in [0, 0.1) is 10.1 Å². The summed E-state index contributed by atoms with van der Waals surface area (Å²) in [5, 5.41) is 11.0. The fourth-order valence-corrected chi connectivity index (χ4v) is 17.2. The quantitative estimate of drug-likeness (QED) is 0.136. The van der Waals surface area contributed by atoms with Crippen molar-refractivity contribution in [2.45, 2.75) is 102 Å². The number of nitrogens with zero attached hydrogens (tertiary/aromatic N) is 2. The SMILES string of the molecule is CC(C)[Si]1(C(C)C)OC[C@@H]2O[C@@H](n3ccc(=O)[nH]c3=O)[C@@H](OC(=O)Oc3ccc([N+](=O)[O-])cc3)C2O[Si](C(C)C)(C(C)C)O1. The number of aromatic amines is 1. The van der Waals surface area contributed by atoms with Crippen LogP contribution in [0.15, 0.2) is 46.1 Å². The molecule has 2 saturated heterocycles. The van der Waals surface area contributed by atoms with Gasteiger partial charge in [0.25, 0.3) is 11.2 Å². The monoisotopic (exact) mass is 651 g/mol. The van der Waals surface area contributed by atoms with Crippen molar-refractivity contribution in [1.82, 2.24) is 9.55 Å². The number of benzene rings is 1. The molecule has 2 aliphatic heterocycles. The maximum atomic E-state index is 13.2. The number of ether oxygens (including phenoxy) is 3. The van der Waals surface area contributed by atoms with Crippen LogP contribution >= 0.6 is 0 Å². The number of nitro benzene ring substituents is 1. The van der Waals surface area contributed by atoms with Crippen LogP contribution in [0.5, 0.6) is 5.75 Å². The Morgan fingerprint density at radius 1 is 0.977 bits per heavy atom. The van der Waals surface area contributed by atoms with Crippen molar-refractivity contribution in [3.05, 3.63) is 67.5 Å². The number of non-ortho nitro benzene ring substituents is 1. The van der Waals surface area contributed by atoms with Gasteiger partial charge < -0.3 is 27.2 Å². The van der Waals surface area contributed by atoms with Crippen molar-refractivity contribution < 1.29 is 36.9 Å². The van der Waals surface area contributed by atoms with Crippen LogP contribution in [-0.2, 0) is 22.4 Å². The second-order valence-corrected chi connectivity index (χ2v) is 21.2. The molecule has 2 aromatic rings. The first-order valence-corrected chi connectivity index (χ1v) is 18.7. The number of hydrogen-bond donors (Lipinski definition) is 1. The number of H-pyrrole nitrogens is 1. The number of fused-ring (bicyclic) bond motifs is 1. The summed E-state index contributed by atoms with van der Waals surface area (Å²) in [6, 6.07) is 6.08. The first-order valence-electron chi connectivity index (χ1n) is 14.7. The van der Waals surface area contributed by atoms with Gasteiger partial charge in [-0.2, -0.15) is 0 Å². The highest BCUT2D eigenvalue weighted by molar-refractivity contribution is 6.84. The van der Waals surface area contributed by atoms with Gasteiger partial charge in [-0.1, -0.05) is 55.4 Å². The third-order valence-electron chi connectivity index (χ3n) is 8.22. The van der Waals surface area contributed by atoms with E-state index >= 15 is 0 Å². The minimum absolute atomic E-state index is 0.0109.